The molecule has 100 valence electrons. The highest BCUT2D eigenvalue weighted by Gasteiger charge is 2.45. The summed E-state index contributed by atoms with van der Waals surface area (Å²) in [7, 11) is 0. The molecular formula is C19H19N. The van der Waals surface area contributed by atoms with Crippen molar-refractivity contribution in [1.29, 1.82) is 0 Å². The molecule has 1 atom stereocenters. The van der Waals surface area contributed by atoms with Crippen LogP contribution in [0.2, 0.25) is 0 Å². The van der Waals surface area contributed by atoms with E-state index < -0.39 is 0 Å². The van der Waals surface area contributed by atoms with Gasteiger partial charge in [-0.25, -0.2) is 0 Å². The summed E-state index contributed by atoms with van der Waals surface area (Å²) in [4.78, 5) is 4.94. The summed E-state index contributed by atoms with van der Waals surface area (Å²) in [6, 6.07) is 15.5. The second-order valence-electron chi connectivity index (χ2n) is 6.56. The molecule has 2 aliphatic rings. The molecule has 0 spiro atoms. The van der Waals surface area contributed by atoms with E-state index in [9.17, 15) is 0 Å². The smallest absolute Gasteiger partial charge is 0.0675 e. The molecule has 0 N–H and O–H groups in total. The lowest BCUT2D eigenvalue weighted by molar-refractivity contribution is 0.669. The van der Waals surface area contributed by atoms with Crippen molar-refractivity contribution >= 4 is 11.4 Å². The van der Waals surface area contributed by atoms with Crippen LogP contribution in [-0.4, -0.2) is 5.71 Å². The molecule has 1 aliphatic carbocycles. The molecule has 1 heteroatoms. The molecule has 0 bridgehead atoms. The highest BCUT2D eigenvalue weighted by molar-refractivity contribution is 6.16. The first-order chi connectivity index (χ1) is 9.59. The van der Waals surface area contributed by atoms with E-state index in [-0.39, 0.29) is 5.41 Å². The van der Waals surface area contributed by atoms with Crippen LogP contribution in [0.3, 0.4) is 0 Å². The van der Waals surface area contributed by atoms with Gasteiger partial charge in [0.1, 0.15) is 0 Å². The van der Waals surface area contributed by atoms with Crippen LogP contribution in [0.5, 0.6) is 0 Å². The van der Waals surface area contributed by atoms with Crippen LogP contribution >= 0.6 is 0 Å². The molecule has 0 radical (unpaired) electrons. The summed E-state index contributed by atoms with van der Waals surface area (Å²) in [5, 5.41) is 0. The number of hydrogen-bond donors (Lipinski definition) is 0. The monoisotopic (exact) mass is 261 g/mol. The summed E-state index contributed by atoms with van der Waals surface area (Å²) in [5.74, 6) is 0.566. The summed E-state index contributed by atoms with van der Waals surface area (Å²) in [6.07, 6.45) is 1.08. The van der Waals surface area contributed by atoms with Crippen LogP contribution in [0, 0.1) is 0 Å². The minimum Gasteiger partial charge on any atom is -0.252 e. The standard InChI is InChI=1S/C19H19N/c1-12(2)13-8-9-17-16(10-13)19(3)11-14-6-4-5-7-15(14)18(19)20-17/h4-10,12H,11H2,1-3H3. The Balaban J connectivity index is 1.91. The van der Waals surface area contributed by atoms with Crippen molar-refractivity contribution < 1.29 is 0 Å². The summed E-state index contributed by atoms with van der Waals surface area (Å²) in [6.45, 7) is 6.86. The van der Waals surface area contributed by atoms with Crippen LogP contribution < -0.4 is 0 Å². The minimum absolute atomic E-state index is 0.0733. The first kappa shape index (κ1) is 11.9. The lowest BCUT2D eigenvalue weighted by Gasteiger charge is -2.22. The Bertz CT molecular complexity index is 739. The van der Waals surface area contributed by atoms with Crippen LogP contribution in [0.15, 0.2) is 47.5 Å². The van der Waals surface area contributed by atoms with Gasteiger partial charge in [-0.05, 0) is 42.0 Å². The van der Waals surface area contributed by atoms with Gasteiger partial charge >= 0.3 is 0 Å². The van der Waals surface area contributed by atoms with Gasteiger partial charge in [-0.1, -0.05) is 50.2 Å². The fourth-order valence-electron chi connectivity index (χ4n) is 3.65. The van der Waals surface area contributed by atoms with Gasteiger partial charge in [0.05, 0.1) is 11.4 Å². The van der Waals surface area contributed by atoms with E-state index in [2.05, 4.69) is 63.2 Å². The maximum atomic E-state index is 4.94. The second-order valence-corrected chi connectivity index (χ2v) is 6.56. The fraction of sp³-hybridized carbons (Fsp3) is 0.316. The fourth-order valence-corrected chi connectivity index (χ4v) is 3.65. The number of aliphatic imine (C=N–C) groups is 1. The molecule has 4 rings (SSSR count). The largest absolute Gasteiger partial charge is 0.252 e. The molecule has 1 aliphatic heterocycles. The van der Waals surface area contributed by atoms with Crippen LogP contribution in [0.4, 0.5) is 5.69 Å². The molecule has 20 heavy (non-hydrogen) atoms. The Labute approximate surface area is 120 Å². The second kappa shape index (κ2) is 3.82. The molecule has 0 aromatic heterocycles. The average Bonchev–Trinajstić information content (AvgIpc) is 2.87. The van der Waals surface area contributed by atoms with E-state index in [1.165, 1.54) is 33.7 Å². The number of rotatable bonds is 1. The van der Waals surface area contributed by atoms with Crippen molar-refractivity contribution in [2.75, 3.05) is 0 Å². The van der Waals surface area contributed by atoms with E-state index in [0.717, 1.165) is 6.42 Å². The lowest BCUT2D eigenvalue weighted by atomic mass is 9.78. The normalized spacial score (nSPS) is 22.5. The van der Waals surface area contributed by atoms with Crippen molar-refractivity contribution in [3.63, 3.8) is 0 Å². The Morgan fingerprint density at radius 1 is 1.10 bits per heavy atom. The van der Waals surface area contributed by atoms with Gasteiger partial charge in [-0.15, -0.1) is 0 Å². The first-order valence-electron chi connectivity index (χ1n) is 7.41. The van der Waals surface area contributed by atoms with Crippen molar-refractivity contribution in [2.45, 2.75) is 38.5 Å². The maximum Gasteiger partial charge on any atom is 0.0675 e. The van der Waals surface area contributed by atoms with E-state index in [1.807, 2.05) is 0 Å². The van der Waals surface area contributed by atoms with Crippen molar-refractivity contribution in [3.05, 3.63) is 64.7 Å². The first-order valence-corrected chi connectivity index (χ1v) is 7.41. The number of nitrogens with zero attached hydrogens (tertiary/aromatic N) is 1. The van der Waals surface area contributed by atoms with Gasteiger partial charge in [-0.3, -0.25) is 4.99 Å². The lowest BCUT2D eigenvalue weighted by Crippen LogP contribution is -2.26. The summed E-state index contributed by atoms with van der Waals surface area (Å²) in [5.41, 5.74) is 8.12. The van der Waals surface area contributed by atoms with Crippen molar-refractivity contribution in [3.8, 4) is 0 Å². The van der Waals surface area contributed by atoms with Gasteiger partial charge in [0, 0.05) is 11.0 Å². The number of fused-ring (bicyclic) bond motifs is 5. The molecule has 2 aromatic rings. The van der Waals surface area contributed by atoms with E-state index in [4.69, 9.17) is 4.99 Å². The van der Waals surface area contributed by atoms with Crippen LogP contribution in [0.25, 0.3) is 0 Å². The Kier molecular flexibility index (Phi) is 2.27. The van der Waals surface area contributed by atoms with E-state index in [1.54, 1.807) is 0 Å². The van der Waals surface area contributed by atoms with Crippen LogP contribution in [-0.2, 0) is 11.8 Å². The topological polar surface area (TPSA) is 12.4 Å². The zero-order chi connectivity index (χ0) is 13.9. The molecular weight excluding hydrogens is 242 g/mol. The molecule has 0 saturated heterocycles. The summed E-state index contributed by atoms with van der Waals surface area (Å²) < 4.78 is 0. The number of benzene rings is 2. The molecule has 1 unspecified atom stereocenters. The molecule has 0 fully saturated rings. The van der Waals surface area contributed by atoms with Gasteiger partial charge < -0.3 is 0 Å². The predicted octanol–water partition coefficient (Wildman–Crippen LogP) is 4.76. The quantitative estimate of drug-likeness (QED) is 0.702. The third kappa shape index (κ3) is 1.41. The van der Waals surface area contributed by atoms with Crippen molar-refractivity contribution in [1.82, 2.24) is 0 Å². The maximum absolute atomic E-state index is 4.94. The van der Waals surface area contributed by atoms with Gasteiger partial charge in [0.15, 0.2) is 0 Å². The molecule has 2 aromatic carbocycles. The molecule has 0 saturated carbocycles. The molecule has 0 amide bonds. The van der Waals surface area contributed by atoms with Gasteiger partial charge in [0.25, 0.3) is 0 Å². The van der Waals surface area contributed by atoms with E-state index >= 15 is 0 Å². The zero-order valence-corrected chi connectivity index (χ0v) is 12.3. The highest BCUT2D eigenvalue weighted by Crippen LogP contribution is 2.49. The Hall–Kier alpha value is -1.89. The Morgan fingerprint density at radius 2 is 1.90 bits per heavy atom. The van der Waals surface area contributed by atoms with Gasteiger partial charge in [0.2, 0.25) is 0 Å². The zero-order valence-electron chi connectivity index (χ0n) is 12.3. The number of hydrogen-bond acceptors (Lipinski definition) is 1. The predicted molar refractivity (Wildman–Crippen MR) is 84.2 cm³/mol. The van der Waals surface area contributed by atoms with Crippen molar-refractivity contribution in [2.24, 2.45) is 4.99 Å². The minimum atomic E-state index is 0.0733. The van der Waals surface area contributed by atoms with Crippen LogP contribution in [0.1, 0.15) is 48.9 Å². The molecule has 1 heterocycles. The third-order valence-electron chi connectivity index (χ3n) is 4.85. The SMILES string of the molecule is CC(C)c1ccc2c(c1)C1(C)Cc3ccccc3C1=N2. The summed E-state index contributed by atoms with van der Waals surface area (Å²) >= 11 is 0. The van der Waals surface area contributed by atoms with E-state index in [0.29, 0.717) is 5.92 Å². The highest BCUT2D eigenvalue weighted by atomic mass is 14.8. The average molecular weight is 261 g/mol. The van der Waals surface area contributed by atoms with Gasteiger partial charge in [-0.2, -0.15) is 0 Å². The Morgan fingerprint density at radius 3 is 2.70 bits per heavy atom. The third-order valence-corrected chi connectivity index (χ3v) is 4.85. The molecule has 1 nitrogen and oxygen atoms in total.